The van der Waals surface area contributed by atoms with Crippen LogP contribution in [0.1, 0.15) is 66.7 Å². The van der Waals surface area contributed by atoms with Crippen LogP contribution >= 0.6 is 0 Å². The molecule has 1 aliphatic carbocycles. The van der Waals surface area contributed by atoms with Crippen LogP contribution in [0.25, 0.3) is 0 Å². The van der Waals surface area contributed by atoms with Crippen LogP contribution in [-0.2, 0) is 9.78 Å². The lowest BCUT2D eigenvalue weighted by Gasteiger charge is -2.37. The molecule has 0 spiro atoms. The van der Waals surface area contributed by atoms with Gasteiger partial charge in [-0.05, 0) is 50.9 Å². The average Bonchev–Trinajstić information content (AvgIpc) is 2.25. The molecule has 0 atom stereocenters. The van der Waals surface area contributed by atoms with Gasteiger partial charge in [-0.15, -0.1) is 0 Å². The highest BCUT2D eigenvalue weighted by molar-refractivity contribution is 4.82. The maximum Gasteiger partial charge on any atom is 0.101 e. The van der Waals surface area contributed by atoms with Crippen molar-refractivity contribution in [2.75, 3.05) is 6.61 Å². The second kappa shape index (κ2) is 6.75. The van der Waals surface area contributed by atoms with Crippen molar-refractivity contribution in [3.63, 3.8) is 0 Å². The first-order chi connectivity index (χ1) is 7.92. The van der Waals surface area contributed by atoms with E-state index >= 15 is 0 Å². The summed E-state index contributed by atoms with van der Waals surface area (Å²) in [5.74, 6) is 2.22. The van der Waals surface area contributed by atoms with E-state index < -0.39 is 0 Å². The molecule has 0 saturated heterocycles. The second-order valence-corrected chi connectivity index (χ2v) is 6.65. The third kappa shape index (κ3) is 5.39. The standard InChI is InChI=1S/C15H30O2/c1-12(2)10-11-16-17-15(4,5)14-8-6-13(3)7-9-14/h12-14H,6-11H2,1-5H3. The summed E-state index contributed by atoms with van der Waals surface area (Å²) in [6.07, 6.45) is 6.30. The van der Waals surface area contributed by atoms with Gasteiger partial charge in [0.05, 0.1) is 6.61 Å². The largest absolute Gasteiger partial charge is 0.236 e. The smallest absolute Gasteiger partial charge is 0.101 e. The van der Waals surface area contributed by atoms with Crippen molar-refractivity contribution in [2.45, 2.75) is 72.3 Å². The number of hydrogen-bond donors (Lipinski definition) is 0. The fourth-order valence-electron chi connectivity index (χ4n) is 2.50. The zero-order valence-electron chi connectivity index (χ0n) is 12.3. The maximum absolute atomic E-state index is 5.65. The monoisotopic (exact) mass is 242 g/mol. The van der Waals surface area contributed by atoms with Crippen molar-refractivity contribution in [3.8, 4) is 0 Å². The van der Waals surface area contributed by atoms with Gasteiger partial charge in [-0.25, -0.2) is 9.78 Å². The van der Waals surface area contributed by atoms with E-state index in [-0.39, 0.29) is 5.60 Å². The van der Waals surface area contributed by atoms with Gasteiger partial charge in [-0.3, -0.25) is 0 Å². The Bertz CT molecular complexity index is 203. The average molecular weight is 242 g/mol. The molecule has 0 bridgehead atoms. The molecular formula is C15H30O2. The zero-order chi connectivity index (χ0) is 12.9. The Kier molecular flexibility index (Phi) is 5.94. The fourth-order valence-corrected chi connectivity index (χ4v) is 2.50. The van der Waals surface area contributed by atoms with E-state index in [1.807, 2.05) is 0 Å². The highest BCUT2D eigenvalue weighted by atomic mass is 17.2. The van der Waals surface area contributed by atoms with Crippen molar-refractivity contribution < 1.29 is 9.78 Å². The Morgan fingerprint density at radius 3 is 2.24 bits per heavy atom. The Morgan fingerprint density at radius 1 is 1.12 bits per heavy atom. The summed E-state index contributed by atoms with van der Waals surface area (Å²) in [6.45, 7) is 11.8. The van der Waals surface area contributed by atoms with Gasteiger partial charge in [0.1, 0.15) is 5.60 Å². The highest BCUT2D eigenvalue weighted by Crippen LogP contribution is 2.37. The molecule has 1 aliphatic rings. The van der Waals surface area contributed by atoms with E-state index in [1.54, 1.807) is 0 Å². The molecule has 2 nitrogen and oxygen atoms in total. The predicted octanol–water partition coefficient (Wildman–Crippen LogP) is 4.59. The minimum absolute atomic E-state index is 0.128. The van der Waals surface area contributed by atoms with E-state index in [9.17, 15) is 0 Å². The van der Waals surface area contributed by atoms with Gasteiger partial charge in [-0.2, -0.15) is 0 Å². The summed E-state index contributed by atoms with van der Waals surface area (Å²) in [5.41, 5.74) is -0.128. The van der Waals surface area contributed by atoms with Crippen molar-refractivity contribution >= 4 is 0 Å². The first kappa shape index (κ1) is 15.0. The topological polar surface area (TPSA) is 18.5 Å². The van der Waals surface area contributed by atoms with Gasteiger partial charge in [0, 0.05) is 0 Å². The van der Waals surface area contributed by atoms with Gasteiger partial charge >= 0.3 is 0 Å². The van der Waals surface area contributed by atoms with Gasteiger partial charge in [0.15, 0.2) is 0 Å². The number of rotatable bonds is 6. The Balaban J connectivity index is 2.25. The molecule has 0 aromatic heterocycles. The minimum Gasteiger partial charge on any atom is -0.236 e. The van der Waals surface area contributed by atoms with Gasteiger partial charge in [0.25, 0.3) is 0 Å². The molecule has 1 rings (SSSR count). The molecule has 1 saturated carbocycles. The molecule has 0 amide bonds. The summed E-state index contributed by atoms with van der Waals surface area (Å²) in [4.78, 5) is 11.0. The van der Waals surface area contributed by atoms with Crippen molar-refractivity contribution in [1.82, 2.24) is 0 Å². The van der Waals surface area contributed by atoms with Crippen LogP contribution in [0.2, 0.25) is 0 Å². The quantitative estimate of drug-likeness (QED) is 0.385. The molecule has 17 heavy (non-hydrogen) atoms. The van der Waals surface area contributed by atoms with E-state index in [2.05, 4.69) is 34.6 Å². The Morgan fingerprint density at radius 2 is 1.71 bits per heavy atom. The van der Waals surface area contributed by atoms with Crippen LogP contribution < -0.4 is 0 Å². The van der Waals surface area contributed by atoms with Crippen molar-refractivity contribution in [1.29, 1.82) is 0 Å². The molecular weight excluding hydrogens is 212 g/mol. The Hall–Kier alpha value is -0.0800. The molecule has 0 aliphatic heterocycles. The summed E-state index contributed by atoms with van der Waals surface area (Å²) >= 11 is 0. The van der Waals surface area contributed by atoms with Crippen LogP contribution in [-0.4, -0.2) is 12.2 Å². The summed E-state index contributed by atoms with van der Waals surface area (Å²) in [5, 5.41) is 0. The van der Waals surface area contributed by atoms with Crippen molar-refractivity contribution in [2.24, 2.45) is 17.8 Å². The first-order valence-electron chi connectivity index (χ1n) is 7.22. The molecule has 0 radical (unpaired) electrons. The lowest BCUT2D eigenvalue weighted by molar-refractivity contribution is -0.367. The Labute approximate surface area is 107 Å². The van der Waals surface area contributed by atoms with Crippen LogP contribution in [0.5, 0.6) is 0 Å². The van der Waals surface area contributed by atoms with E-state index in [0.29, 0.717) is 18.4 Å². The van der Waals surface area contributed by atoms with Crippen LogP contribution in [0.15, 0.2) is 0 Å². The molecule has 0 aromatic carbocycles. The third-order valence-electron chi connectivity index (χ3n) is 4.05. The normalized spacial score (nSPS) is 26.5. The van der Waals surface area contributed by atoms with Crippen LogP contribution in [0.3, 0.4) is 0 Å². The summed E-state index contributed by atoms with van der Waals surface area (Å²) in [6, 6.07) is 0. The summed E-state index contributed by atoms with van der Waals surface area (Å²) in [7, 11) is 0. The first-order valence-corrected chi connectivity index (χ1v) is 7.22. The van der Waals surface area contributed by atoms with E-state index in [1.165, 1.54) is 25.7 Å². The van der Waals surface area contributed by atoms with Crippen LogP contribution in [0, 0.1) is 17.8 Å². The number of hydrogen-bond acceptors (Lipinski definition) is 2. The maximum atomic E-state index is 5.65. The predicted molar refractivity (Wildman–Crippen MR) is 71.7 cm³/mol. The fraction of sp³-hybridized carbons (Fsp3) is 1.00. The van der Waals surface area contributed by atoms with E-state index in [4.69, 9.17) is 9.78 Å². The van der Waals surface area contributed by atoms with E-state index in [0.717, 1.165) is 12.3 Å². The molecule has 0 unspecified atom stereocenters. The third-order valence-corrected chi connectivity index (χ3v) is 4.05. The van der Waals surface area contributed by atoms with Gasteiger partial charge in [-0.1, -0.05) is 33.6 Å². The molecule has 0 N–H and O–H groups in total. The van der Waals surface area contributed by atoms with Crippen LogP contribution in [0.4, 0.5) is 0 Å². The zero-order valence-corrected chi connectivity index (χ0v) is 12.3. The molecule has 2 heteroatoms. The van der Waals surface area contributed by atoms with Gasteiger partial charge in [0.2, 0.25) is 0 Å². The minimum atomic E-state index is -0.128. The molecule has 0 heterocycles. The SMILES string of the molecule is CC(C)CCOOC(C)(C)C1CCC(C)CC1. The lowest BCUT2D eigenvalue weighted by atomic mass is 9.75. The molecule has 102 valence electrons. The van der Waals surface area contributed by atoms with Crippen molar-refractivity contribution in [3.05, 3.63) is 0 Å². The highest BCUT2D eigenvalue weighted by Gasteiger charge is 2.34. The lowest BCUT2D eigenvalue weighted by Crippen LogP contribution is -2.37. The molecule has 0 aromatic rings. The molecule has 1 fully saturated rings. The summed E-state index contributed by atoms with van der Waals surface area (Å²) < 4.78 is 0. The van der Waals surface area contributed by atoms with Gasteiger partial charge < -0.3 is 0 Å². The second-order valence-electron chi connectivity index (χ2n) is 6.65.